The van der Waals surface area contributed by atoms with Crippen molar-refractivity contribution in [3.8, 4) is 11.3 Å². The van der Waals surface area contributed by atoms with E-state index < -0.39 is 5.54 Å². The lowest BCUT2D eigenvalue weighted by molar-refractivity contribution is -0.124. The SMILES string of the molecule is CNC(=O)C(C)(C)N=CC(=CN)Nc1nccc(-c2ccc(CNC(=O)N3CC(OC(C)C)C3)c(C)c2)n1. The topological polar surface area (TPSA) is 147 Å². The Morgan fingerprint density at radius 2 is 2.03 bits per heavy atom. The van der Waals surface area contributed by atoms with Crippen molar-refractivity contribution in [2.75, 3.05) is 25.5 Å². The zero-order valence-corrected chi connectivity index (χ0v) is 22.9. The highest BCUT2D eigenvalue weighted by atomic mass is 16.5. The second kappa shape index (κ2) is 12.5. The van der Waals surface area contributed by atoms with E-state index in [1.165, 1.54) is 12.4 Å². The van der Waals surface area contributed by atoms with Crippen LogP contribution in [0.2, 0.25) is 0 Å². The molecule has 0 saturated carbocycles. The lowest BCUT2D eigenvalue weighted by Gasteiger charge is -2.39. The van der Waals surface area contributed by atoms with E-state index >= 15 is 0 Å². The van der Waals surface area contributed by atoms with Crippen molar-refractivity contribution in [1.82, 2.24) is 25.5 Å². The Labute approximate surface area is 224 Å². The van der Waals surface area contributed by atoms with Crippen molar-refractivity contribution in [3.63, 3.8) is 0 Å². The molecule has 11 heteroatoms. The van der Waals surface area contributed by atoms with E-state index in [9.17, 15) is 9.59 Å². The maximum atomic E-state index is 12.4. The number of aryl methyl sites for hydroxylation is 1. The number of hydrogen-bond acceptors (Lipinski definition) is 8. The van der Waals surface area contributed by atoms with Gasteiger partial charge in [0, 0.05) is 37.8 Å². The third-order valence-electron chi connectivity index (χ3n) is 6.07. The molecular weight excluding hydrogens is 484 g/mol. The number of urea groups is 1. The van der Waals surface area contributed by atoms with Crippen LogP contribution in [0.15, 0.2) is 47.4 Å². The summed E-state index contributed by atoms with van der Waals surface area (Å²) in [4.78, 5) is 39.3. The van der Waals surface area contributed by atoms with Gasteiger partial charge < -0.3 is 31.3 Å². The van der Waals surface area contributed by atoms with Gasteiger partial charge in [-0.1, -0.05) is 12.1 Å². The Bertz CT molecular complexity index is 1200. The van der Waals surface area contributed by atoms with Gasteiger partial charge >= 0.3 is 6.03 Å². The van der Waals surface area contributed by atoms with Gasteiger partial charge in [0.2, 0.25) is 11.9 Å². The quantitative estimate of drug-likeness (QED) is 0.351. The molecule has 0 unspecified atom stereocenters. The van der Waals surface area contributed by atoms with Crippen molar-refractivity contribution in [3.05, 3.63) is 53.5 Å². The highest BCUT2D eigenvalue weighted by Gasteiger charge is 2.31. The zero-order chi connectivity index (χ0) is 27.9. The maximum absolute atomic E-state index is 12.4. The summed E-state index contributed by atoms with van der Waals surface area (Å²) < 4.78 is 5.71. The van der Waals surface area contributed by atoms with Crippen LogP contribution in [-0.2, 0) is 16.1 Å². The van der Waals surface area contributed by atoms with Gasteiger partial charge in [0.05, 0.1) is 36.7 Å². The summed E-state index contributed by atoms with van der Waals surface area (Å²) in [6.45, 7) is 11.1. The van der Waals surface area contributed by atoms with E-state index in [0.717, 1.165) is 22.4 Å². The van der Waals surface area contributed by atoms with E-state index in [0.29, 0.717) is 31.3 Å². The number of allylic oxidation sites excluding steroid dienone is 1. The summed E-state index contributed by atoms with van der Waals surface area (Å²) in [7, 11) is 1.56. The van der Waals surface area contributed by atoms with Crippen LogP contribution in [0.4, 0.5) is 10.7 Å². The fourth-order valence-corrected chi connectivity index (χ4v) is 3.83. The number of nitrogens with two attached hydrogens (primary N) is 1. The van der Waals surface area contributed by atoms with E-state index in [-0.39, 0.29) is 24.1 Å². The number of anilines is 1. The number of amides is 3. The molecule has 204 valence electrons. The molecule has 0 spiro atoms. The van der Waals surface area contributed by atoms with E-state index in [2.05, 4.69) is 30.9 Å². The first-order chi connectivity index (χ1) is 18.0. The summed E-state index contributed by atoms with van der Waals surface area (Å²) in [6, 6.07) is 7.70. The van der Waals surface area contributed by atoms with E-state index in [1.54, 1.807) is 32.0 Å². The van der Waals surface area contributed by atoms with E-state index in [1.807, 2.05) is 45.0 Å². The van der Waals surface area contributed by atoms with Gasteiger partial charge in [-0.25, -0.2) is 14.8 Å². The lowest BCUT2D eigenvalue weighted by Crippen LogP contribution is -2.58. The second-order valence-corrected chi connectivity index (χ2v) is 9.92. The standard InChI is InChI=1S/C27H38N8O3/c1-17(2)38-22-15-35(16-22)26(37)31-13-20-8-7-19(11-18(20)3)23-9-10-30-25(34-23)33-21(12-28)14-32-27(4,5)24(36)29-6/h7-12,14,17,22H,13,15-16,28H2,1-6H3,(H,29,36)(H,31,37)(H,30,33,34). The minimum absolute atomic E-state index is 0.0883. The number of nitrogens with one attached hydrogen (secondary N) is 3. The highest BCUT2D eigenvalue weighted by Crippen LogP contribution is 2.22. The molecule has 1 fully saturated rings. The summed E-state index contributed by atoms with van der Waals surface area (Å²) in [6.07, 6.45) is 4.75. The minimum atomic E-state index is -0.952. The summed E-state index contributed by atoms with van der Waals surface area (Å²) in [5.74, 6) is 0.124. The fourth-order valence-electron chi connectivity index (χ4n) is 3.83. The number of carbonyl (C=O) groups is 2. The Morgan fingerprint density at radius 3 is 2.66 bits per heavy atom. The molecule has 0 aliphatic carbocycles. The number of rotatable bonds is 10. The molecule has 3 amide bonds. The number of likely N-dealkylation sites (tertiary alicyclic amines) is 1. The summed E-state index contributed by atoms with van der Waals surface area (Å²) >= 11 is 0. The molecule has 3 rings (SSSR count). The number of aliphatic imine (C=N–C) groups is 1. The smallest absolute Gasteiger partial charge is 0.317 e. The monoisotopic (exact) mass is 522 g/mol. The van der Waals surface area contributed by atoms with Crippen LogP contribution in [0.5, 0.6) is 0 Å². The van der Waals surface area contributed by atoms with Crippen LogP contribution in [0.1, 0.15) is 38.8 Å². The molecule has 2 aromatic rings. The number of aromatic nitrogens is 2. The van der Waals surface area contributed by atoms with Gasteiger partial charge in [0.15, 0.2) is 0 Å². The molecule has 5 N–H and O–H groups in total. The third-order valence-corrected chi connectivity index (χ3v) is 6.07. The van der Waals surface area contributed by atoms with Gasteiger partial charge in [-0.2, -0.15) is 0 Å². The first-order valence-electron chi connectivity index (χ1n) is 12.6. The predicted octanol–water partition coefficient (Wildman–Crippen LogP) is 2.58. The van der Waals surface area contributed by atoms with Crippen molar-refractivity contribution in [2.24, 2.45) is 10.7 Å². The molecule has 1 saturated heterocycles. The molecule has 38 heavy (non-hydrogen) atoms. The van der Waals surface area contributed by atoms with Gasteiger partial charge in [-0.05, 0) is 57.9 Å². The van der Waals surface area contributed by atoms with Crippen LogP contribution in [0, 0.1) is 6.92 Å². The molecule has 1 aromatic heterocycles. The summed E-state index contributed by atoms with van der Waals surface area (Å²) in [5.41, 5.74) is 8.92. The lowest BCUT2D eigenvalue weighted by atomic mass is 10.0. The normalized spacial score (nSPS) is 14.5. The van der Waals surface area contributed by atoms with Gasteiger partial charge in [-0.15, -0.1) is 0 Å². The molecular formula is C27H38N8O3. The van der Waals surface area contributed by atoms with Crippen LogP contribution in [-0.4, -0.2) is 70.9 Å². The fraction of sp³-hybridized carbons (Fsp3) is 0.444. The number of benzene rings is 1. The first kappa shape index (κ1) is 28.6. The Hall–Kier alpha value is -3.99. The van der Waals surface area contributed by atoms with Crippen molar-refractivity contribution in [2.45, 2.75) is 58.9 Å². The average Bonchev–Trinajstić information content (AvgIpc) is 2.86. The van der Waals surface area contributed by atoms with Crippen molar-refractivity contribution >= 4 is 24.1 Å². The molecule has 0 atom stereocenters. The summed E-state index contributed by atoms with van der Waals surface area (Å²) in [5, 5.41) is 8.60. The zero-order valence-electron chi connectivity index (χ0n) is 22.9. The van der Waals surface area contributed by atoms with Crippen LogP contribution < -0.4 is 21.7 Å². The van der Waals surface area contributed by atoms with E-state index in [4.69, 9.17) is 10.5 Å². The maximum Gasteiger partial charge on any atom is 0.317 e. The number of nitrogens with zero attached hydrogens (tertiary/aromatic N) is 4. The number of ether oxygens (including phenoxy) is 1. The predicted molar refractivity (Wildman–Crippen MR) is 149 cm³/mol. The third kappa shape index (κ3) is 7.51. The molecule has 0 bridgehead atoms. The molecule has 1 aromatic carbocycles. The highest BCUT2D eigenvalue weighted by molar-refractivity contribution is 5.90. The van der Waals surface area contributed by atoms with Crippen LogP contribution in [0.25, 0.3) is 11.3 Å². The molecule has 0 radical (unpaired) electrons. The van der Waals surface area contributed by atoms with Crippen molar-refractivity contribution < 1.29 is 14.3 Å². The molecule has 11 nitrogen and oxygen atoms in total. The number of carbonyl (C=O) groups excluding carboxylic acids is 2. The number of likely N-dealkylation sites (N-methyl/N-ethyl adjacent to an activating group) is 1. The van der Waals surface area contributed by atoms with Crippen LogP contribution in [0.3, 0.4) is 0 Å². The van der Waals surface area contributed by atoms with Gasteiger partial charge in [0.1, 0.15) is 5.54 Å². The van der Waals surface area contributed by atoms with Gasteiger partial charge in [-0.3, -0.25) is 9.79 Å². The molecule has 2 heterocycles. The second-order valence-electron chi connectivity index (χ2n) is 9.92. The molecule has 1 aliphatic rings. The minimum Gasteiger partial charge on any atom is -0.403 e. The Morgan fingerprint density at radius 1 is 1.29 bits per heavy atom. The van der Waals surface area contributed by atoms with Gasteiger partial charge in [0.25, 0.3) is 0 Å². The van der Waals surface area contributed by atoms with Crippen LogP contribution >= 0.6 is 0 Å². The average molecular weight is 523 g/mol. The largest absolute Gasteiger partial charge is 0.403 e. The Kier molecular flexibility index (Phi) is 9.40. The van der Waals surface area contributed by atoms with Crippen molar-refractivity contribution in [1.29, 1.82) is 0 Å². The number of hydrogen-bond donors (Lipinski definition) is 4. The Balaban J connectivity index is 1.61. The molecule has 1 aliphatic heterocycles. The first-order valence-corrected chi connectivity index (χ1v) is 12.6.